The predicted octanol–water partition coefficient (Wildman–Crippen LogP) is 0.598. The van der Waals surface area contributed by atoms with Crippen molar-refractivity contribution in [3.8, 4) is 5.88 Å². The Bertz CT molecular complexity index is 259. The Hall–Kier alpha value is -1.10. The van der Waals surface area contributed by atoms with Gasteiger partial charge in [-0.3, -0.25) is 4.79 Å². The number of rotatable bonds is 2. The summed E-state index contributed by atoms with van der Waals surface area (Å²) in [6.07, 6.45) is 0. The average molecular weight is 172 g/mol. The van der Waals surface area contributed by atoms with Crippen LogP contribution in [0, 0.1) is 0 Å². The van der Waals surface area contributed by atoms with Crippen LogP contribution >= 0.6 is 11.3 Å². The van der Waals surface area contributed by atoms with Crippen LogP contribution < -0.4 is 5.32 Å². The number of hydrogen-bond donors (Lipinski definition) is 2. The summed E-state index contributed by atoms with van der Waals surface area (Å²) in [6.45, 7) is 2.39. The zero-order chi connectivity index (χ0) is 8.27. The standard InChI is InChI=1S/C6H8N2O2S/c1-2-7-5(10)6-8-4(9)3-11-6/h3,9H,2H2,1H3,(H,7,10). The van der Waals surface area contributed by atoms with Crippen molar-refractivity contribution < 1.29 is 9.90 Å². The molecule has 4 nitrogen and oxygen atoms in total. The van der Waals surface area contributed by atoms with Gasteiger partial charge in [0.1, 0.15) is 0 Å². The molecule has 1 amide bonds. The van der Waals surface area contributed by atoms with Crippen molar-refractivity contribution in [1.82, 2.24) is 10.3 Å². The van der Waals surface area contributed by atoms with Crippen LogP contribution in [0.5, 0.6) is 5.88 Å². The van der Waals surface area contributed by atoms with Gasteiger partial charge in [0, 0.05) is 6.54 Å². The first kappa shape index (κ1) is 8.00. The van der Waals surface area contributed by atoms with E-state index in [-0.39, 0.29) is 11.8 Å². The minimum atomic E-state index is -0.238. The summed E-state index contributed by atoms with van der Waals surface area (Å²) < 4.78 is 0. The van der Waals surface area contributed by atoms with Crippen molar-refractivity contribution in [3.05, 3.63) is 10.4 Å². The number of aromatic hydroxyl groups is 1. The molecule has 0 aliphatic rings. The summed E-state index contributed by atoms with van der Waals surface area (Å²) in [5.41, 5.74) is 0. The average Bonchev–Trinajstić information content (AvgIpc) is 2.36. The first-order valence-electron chi connectivity index (χ1n) is 3.16. The third kappa shape index (κ3) is 1.91. The molecule has 0 aliphatic heterocycles. The molecule has 0 unspecified atom stereocenters. The first-order chi connectivity index (χ1) is 5.24. The van der Waals surface area contributed by atoms with Crippen LogP contribution in [0.1, 0.15) is 16.7 Å². The van der Waals surface area contributed by atoms with Crippen molar-refractivity contribution in [3.63, 3.8) is 0 Å². The minimum absolute atomic E-state index is 0.101. The maximum absolute atomic E-state index is 11.0. The quantitative estimate of drug-likeness (QED) is 0.686. The molecule has 5 heteroatoms. The minimum Gasteiger partial charge on any atom is -0.493 e. The lowest BCUT2D eigenvalue weighted by Crippen LogP contribution is -2.22. The highest BCUT2D eigenvalue weighted by molar-refractivity contribution is 7.11. The second-order valence-corrected chi connectivity index (χ2v) is 2.73. The summed E-state index contributed by atoms with van der Waals surface area (Å²) in [6, 6.07) is 0. The molecule has 2 N–H and O–H groups in total. The third-order valence-electron chi connectivity index (χ3n) is 1.02. The van der Waals surface area contributed by atoms with Crippen molar-refractivity contribution >= 4 is 17.2 Å². The zero-order valence-corrected chi connectivity index (χ0v) is 6.81. The largest absolute Gasteiger partial charge is 0.493 e. The fraction of sp³-hybridized carbons (Fsp3) is 0.333. The number of carbonyl (C=O) groups excluding carboxylic acids is 1. The van der Waals surface area contributed by atoms with Crippen molar-refractivity contribution in [1.29, 1.82) is 0 Å². The number of thiazole rings is 1. The molecule has 0 aromatic carbocycles. The lowest BCUT2D eigenvalue weighted by atomic mass is 10.6. The molecule has 1 aromatic heterocycles. The summed E-state index contributed by atoms with van der Waals surface area (Å²) in [5, 5.41) is 13.1. The lowest BCUT2D eigenvalue weighted by Gasteiger charge is -1.94. The van der Waals surface area contributed by atoms with Crippen LogP contribution in [0.25, 0.3) is 0 Å². The number of nitrogens with zero attached hydrogens (tertiary/aromatic N) is 1. The molecule has 1 aromatic rings. The molecule has 0 radical (unpaired) electrons. The number of hydrogen-bond acceptors (Lipinski definition) is 4. The van der Waals surface area contributed by atoms with E-state index in [4.69, 9.17) is 5.11 Å². The highest BCUT2D eigenvalue weighted by Crippen LogP contribution is 2.13. The SMILES string of the molecule is CCNC(=O)c1nc(O)cs1. The summed E-state index contributed by atoms with van der Waals surface area (Å²) >= 11 is 1.12. The van der Waals surface area contributed by atoms with Crippen LogP contribution in [0.4, 0.5) is 0 Å². The van der Waals surface area contributed by atoms with Gasteiger partial charge in [0.2, 0.25) is 5.88 Å². The van der Waals surface area contributed by atoms with Gasteiger partial charge in [0.05, 0.1) is 5.38 Å². The Morgan fingerprint density at radius 3 is 3.09 bits per heavy atom. The van der Waals surface area contributed by atoms with Crippen molar-refractivity contribution in [2.24, 2.45) is 0 Å². The summed E-state index contributed by atoms with van der Waals surface area (Å²) in [4.78, 5) is 14.6. The number of carbonyl (C=O) groups is 1. The predicted molar refractivity (Wildman–Crippen MR) is 41.8 cm³/mol. The van der Waals surface area contributed by atoms with Gasteiger partial charge in [-0.15, -0.1) is 11.3 Å². The van der Waals surface area contributed by atoms with Crippen LogP contribution in [-0.4, -0.2) is 22.5 Å². The van der Waals surface area contributed by atoms with E-state index in [0.717, 1.165) is 11.3 Å². The maximum atomic E-state index is 11.0. The summed E-state index contributed by atoms with van der Waals surface area (Å²) in [7, 11) is 0. The fourth-order valence-corrected chi connectivity index (χ4v) is 1.20. The van der Waals surface area contributed by atoms with E-state index >= 15 is 0 Å². The molecule has 60 valence electrons. The Morgan fingerprint density at radius 2 is 2.64 bits per heavy atom. The number of nitrogens with one attached hydrogen (secondary N) is 1. The number of amides is 1. The van der Waals surface area contributed by atoms with Gasteiger partial charge in [0.25, 0.3) is 5.91 Å². The van der Waals surface area contributed by atoms with Crippen LogP contribution in [0.15, 0.2) is 5.38 Å². The van der Waals surface area contributed by atoms with Gasteiger partial charge in [-0.1, -0.05) is 0 Å². The third-order valence-corrected chi connectivity index (χ3v) is 1.85. The fourth-order valence-electron chi connectivity index (χ4n) is 0.606. The number of aromatic nitrogens is 1. The van der Waals surface area contributed by atoms with E-state index in [2.05, 4.69) is 10.3 Å². The lowest BCUT2D eigenvalue weighted by molar-refractivity contribution is 0.0955. The highest BCUT2D eigenvalue weighted by Gasteiger charge is 2.08. The topological polar surface area (TPSA) is 62.2 Å². The Kier molecular flexibility index (Phi) is 2.43. The maximum Gasteiger partial charge on any atom is 0.280 e. The normalized spacial score (nSPS) is 9.55. The molecule has 0 saturated carbocycles. The van der Waals surface area contributed by atoms with Gasteiger partial charge >= 0.3 is 0 Å². The van der Waals surface area contributed by atoms with Crippen molar-refractivity contribution in [2.45, 2.75) is 6.92 Å². The monoisotopic (exact) mass is 172 g/mol. The van der Waals surface area contributed by atoms with Crippen molar-refractivity contribution in [2.75, 3.05) is 6.54 Å². The van der Waals surface area contributed by atoms with E-state index in [9.17, 15) is 4.79 Å². The molecule has 0 fully saturated rings. The van der Waals surface area contributed by atoms with Crippen LogP contribution in [0.3, 0.4) is 0 Å². The molecule has 1 rings (SSSR count). The van der Waals surface area contributed by atoms with Gasteiger partial charge < -0.3 is 10.4 Å². The Balaban J connectivity index is 2.69. The zero-order valence-electron chi connectivity index (χ0n) is 6.00. The second kappa shape index (κ2) is 3.34. The second-order valence-electron chi connectivity index (χ2n) is 1.87. The van der Waals surface area contributed by atoms with Crippen LogP contribution in [-0.2, 0) is 0 Å². The van der Waals surface area contributed by atoms with E-state index in [1.54, 1.807) is 0 Å². The van der Waals surface area contributed by atoms with Crippen LogP contribution in [0.2, 0.25) is 0 Å². The van der Waals surface area contributed by atoms with E-state index in [1.807, 2.05) is 6.92 Å². The Labute approximate surface area is 67.9 Å². The molecular weight excluding hydrogens is 164 g/mol. The molecule has 0 spiro atoms. The molecular formula is C6H8N2O2S. The molecule has 1 heterocycles. The molecule has 0 aliphatic carbocycles. The van der Waals surface area contributed by atoms with Gasteiger partial charge in [-0.05, 0) is 6.92 Å². The van der Waals surface area contributed by atoms with E-state index in [1.165, 1.54) is 5.38 Å². The molecule has 0 bridgehead atoms. The Morgan fingerprint density at radius 1 is 1.91 bits per heavy atom. The molecule has 0 atom stereocenters. The smallest absolute Gasteiger partial charge is 0.280 e. The van der Waals surface area contributed by atoms with E-state index in [0.29, 0.717) is 11.6 Å². The van der Waals surface area contributed by atoms with Gasteiger partial charge in [0.15, 0.2) is 5.01 Å². The highest BCUT2D eigenvalue weighted by atomic mass is 32.1. The summed E-state index contributed by atoms with van der Waals surface area (Å²) in [5.74, 6) is -0.339. The first-order valence-corrected chi connectivity index (χ1v) is 4.04. The molecule has 11 heavy (non-hydrogen) atoms. The van der Waals surface area contributed by atoms with E-state index < -0.39 is 0 Å². The van der Waals surface area contributed by atoms with Gasteiger partial charge in [-0.2, -0.15) is 4.98 Å². The van der Waals surface area contributed by atoms with Gasteiger partial charge in [-0.25, -0.2) is 0 Å². The molecule has 0 saturated heterocycles.